The topological polar surface area (TPSA) is 67.6 Å². The van der Waals surface area contributed by atoms with Crippen LogP contribution < -0.4 is 11.4 Å². The summed E-state index contributed by atoms with van der Waals surface area (Å²) in [5, 5.41) is 0. The van der Waals surface area contributed by atoms with E-state index in [1.165, 1.54) is 0 Å². The molecule has 0 aliphatic carbocycles. The highest BCUT2D eigenvalue weighted by Gasteiger charge is 2.13. The van der Waals surface area contributed by atoms with E-state index in [2.05, 4.69) is 22.9 Å². The van der Waals surface area contributed by atoms with Crippen LogP contribution in [0.2, 0.25) is 0 Å². The number of hydrazine groups is 1. The number of nitrogens with one attached hydrogen (secondary N) is 1. The first-order chi connectivity index (χ1) is 7.15. The van der Waals surface area contributed by atoms with Gasteiger partial charge in [-0.25, -0.2) is 5.84 Å². The number of hydrogen-bond donors (Lipinski definition) is 2. The van der Waals surface area contributed by atoms with E-state index >= 15 is 0 Å². The summed E-state index contributed by atoms with van der Waals surface area (Å²) in [7, 11) is 2.02. The zero-order valence-corrected chi connectivity index (χ0v) is 10.5. The molecule has 1 atom stereocenters. The molecule has 90 valence electrons. The predicted octanol–water partition coefficient (Wildman–Crippen LogP) is 0.371. The minimum atomic E-state index is -0.330. The van der Waals surface area contributed by atoms with Crippen molar-refractivity contribution in [1.29, 1.82) is 0 Å². The van der Waals surface area contributed by atoms with Gasteiger partial charge in [0.25, 0.3) is 0 Å². The molecule has 0 rings (SSSR count). The molecule has 0 aromatic heterocycles. The van der Waals surface area contributed by atoms with Gasteiger partial charge in [-0.15, -0.1) is 0 Å². The predicted molar refractivity (Wildman–Crippen MR) is 63.1 cm³/mol. The molecule has 0 fully saturated rings. The quantitative estimate of drug-likeness (QED) is 0.468. The number of carbonyl (C=O) groups excluding carboxylic acids is 1. The number of carbonyl (C=O) groups is 1. The van der Waals surface area contributed by atoms with Gasteiger partial charge < -0.3 is 9.74 Å². The zero-order chi connectivity index (χ0) is 11.7. The van der Waals surface area contributed by atoms with Crippen LogP contribution in [0.4, 0.5) is 0 Å². The molecule has 0 heterocycles. The van der Waals surface area contributed by atoms with E-state index in [0.717, 1.165) is 12.2 Å². The minimum absolute atomic E-state index is 0.330. The van der Waals surface area contributed by atoms with Crippen LogP contribution in [0, 0.1) is 0 Å². The van der Waals surface area contributed by atoms with Crippen LogP contribution in [-0.4, -0.2) is 42.5 Å². The molecule has 0 saturated carbocycles. The molecule has 0 spiro atoms. The lowest BCUT2D eigenvalue weighted by atomic mass is 10.2. The number of nitrogens with two attached hydrogens (primary N) is 1. The van der Waals surface area contributed by atoms with Crippen molar-refractivity contribution >= 4 is 17.7 Å². The lowest BCUT2D eigenvalue weighted by Gasteiger charge is -2.25. The highest BCUT2D eigenvalue weighted by atomic mass is 32.2. The van der Waals surface area contributed by atoms with Crippen molar-refractivity contribution in [2.75, 3.05) is 25.6 Å². The van der Waals surface area contributed by atoms with Gasteiger partial charge in [0.1, 0.15) is 0 Å². The van der Waals surface area contributed by atoms with E-state index in [0.29, 0.717) is 19.0 Å². The molecule has 1 unspecified atom stereocenters. The van der Waals surface area contributed by atoms with Crippen molar-refractivity contribution in [1.82, 2.24) is 10.5 Å². The monoisotopic (exact) mass is 235 g/mol. The molecule has 0 saturated heterocycles. The molecule has 0 radical (unpaired) electrons. The van der Waals surface area contributed by atoms with Crippen molar-refractivity contribution in [2.24, 2.45) is 5.84 Å². The molecule has 0 aliphatic rings. The third-order valence-electron chi connectivity index (χ3n) is 2.30. The van der Waals surface area contributed by atoms with Crippen LogP contribution in [0.5, 0.6) is 0 Å². The van der Waals surface area contributed by atoms with Crippen LogP contribution in [0.15, 0.2) is 0 Å². The largest absolute Gasteiger partial charge is 0.356 e. The second-order valence-corrected chi connectivity index (χ2v) is 4.25. The van der Waals surface area contributed by atoms with Gasteiger partial charge in [0.2, 0.25) is 0 Å². The standard InChI is InChI=1S/C9H21N3O2S/c1-4-8(7-15-3)12(2)6-5-9(13)14-11-10/h8,11H,4-7,10H2,1-3H3. The van der Waals surface area contributed by atoms with Crippen LogP contribution in [0.3, 0.4) is 0 Å². The molecule has 0 bridgehead atoms. The summed E-state index contributed by atoms with van der Waals surface area (Å²) < 4.78 is 0. The Balaban J connectivity index is 3.79. The fourth-order valence-electron chi connectivity index (χ4n) is 1.32. The third kappa shape index (κ3) is 6.72. The fourth-order valence-corrected chi connectivity index (χ4v) is 2.19. The Bertz CT molecular complexity index is 181. The third-order valence-corrected chi connectivity index (χ3v) is 3.01. The maximum Gasteiger partial charge on any atom is 0.327 e. The molecule has 0 aromatic rings. The average molecular weight is 235 g/mol. The van der Waals surface area contributed by atoms with Gasteiger partial charge in [-0.2, -0.15) is 11.8 Å². The molecule has 0 amide bonds. The first-order valence-electron chi connectivity index (χ1n) is 5.00. The van der Waals surface area contributed by atoms with Gasteiger partial charge in [-0.3, -0.25) is 4.79 Å². The highest BCUT2D eigenvalue weighted by Crippen LogP contribution is 2.08. The molecular weight excluding hydrogens is 214 g/mol. The van der Waals surface area contributed by atoms with Crippen molar-refractivity contribution in [3.8, 4) is 0 Å². The van der Waals surface area contributed by atoms with Gasteiger partial charge in [0.15, 0.2) is 0 Å². The first kappa shape index (κ1) is 14.7. The summed E-state index contributed by atoms with van der Waals surface area (Å²) in [5.74, 6) is 5.61. The number of rotatable bonds is 8. The Morgan fingerprint density at radius 3 is 2.80 bits per heavy atom. The Morgan fingerprint density at radius 1 is 1.67 bits per heavy atom. The van der Waals surface area contributed by atoms with Crippen molar-refractivity contribution in [3.05, 3.63) is 0 Å². The summed E-state index contributed by atoms with van der Waals surface area (Å²) >= 11 is 1.82. The Kier molecular flexibility index (Phi) is 8.79. The molecule has 6 heteroatoms. The second kappa shape index (κ2) is 8.96. The summed E-state index contributed by atoms with van der Waals surface area (Å²) in [5.41, 5.74) is 1.89. The molecule has 5 nitrogen and oxygen atoms in total. The van der Waals surface area contributed by atoms with E-state index in [4.69, 9.17) is 5.84 Å². The summed E-state index contributed by atoms with van der Waals surface area (Å²) in [6.07, 6.45) is 3.52. The molecule has 0 aromatic carbocycles. The van der Waals surface area contributed by atoms with Gasteiger partial charge in [0.05, 0.1) is 6.42 Å². The number of hydrogen-bond acceptors (Lipinski definition) is 6. The van der Waals surface area contributed by atoms with Crippen molar-refractivity contribution < 1.29 is 9.63 Å². The van der Waals surface area contributed by atoms with Gasteiger partial charge >= 0.3 is 5.97 Å². The second-order valence-electron chi connectivity index (χ2n) is 3.34. The van der Waals surface area contributed by atoms with Gasteiger partial charge in [-0.1, -0.05) is 12.5 Å². The molecule has 15 heavy (non-hydrogen) atoms. The van der Waals surface area contributed by atoms with E-state index in [9.17, 15) is 4.79 Å². The summed E-state index contributed by atoms with van der Waals surface area (Å²) in [6, 6.07) is 0.513. The average Bonchev–Trinajstić information content (AvgIpc) is 2.23. The lowest BCUT2D eigenvalue weighted by Crippen LogP contribution is -2.36. The van der Waals surface area contributed by atoms with Crippen LogP contribution in [0.1, 0.15) is 19.8 Å². The number of nitrogens with zero attached hydrogens (tertiary/aromatic N) is 1. The summed E-state index contributed by atoms with van der Waals surface area (Å²) in [4.78, 5) is 17.6. The Hall–Kier alpha value is -0.300. The molecule has 3 N–H and O–H groups in total. The SMILES string of the molecule is CCC(CSC)N(C)CCC(=O)ONN. The highest BCUT2D eigenvalue weighted by molar-refractivity contribution is 7.98. The lowest BCUT2D eigenvalue weighted by molar-refractivity contribution is -0.151. The van der Waals surface area contributed by atoms with Crippen LogP contribution >= 0.6 is 11.8 Å². The Labute approximate surface area is 95.6 Å². The van der Waals surface area contributed by atoms with Crippen LogP contribution in [0.25, 0.3) is 0 Å². The first-order valence-corrected chi connectivity index (χ1v) is 6.39. The molecule has 0 aliphatic heterocycles. The maximum absolute atomic E-state index is 11.0. The normalized spacial score (nSPS) is 12.9. The summed E-state index contributed by atoms with van der Waals surface area (Å²) in [6.45, 7) is 2.84. The smallest absolute Gasteiger partial charge is 0.327 e. The van der Waals surface area contributed by atoms with E-state index < -0.39 is 0 Å². The number of thioether (sulfide) groups is 1. The Morgan fingerprint density at radius 2 is 2.33 bits per heavy atom. The maximum atomic E-state index is 11.0. The van der Waals surface area contributed by atoms with Crippen molar-refractivity contribution in [2.45, 2.75) is 25.8 Å². The zero-order valence-electron chi connectivity index (χ0n) is 9.66. The fraction of sp³-hybridized carbons (Fsp3) is 0.889. The van der Waals surface area contributed by atoms with E-state index in [1.54, 1.807) is 0 Å². The van der Waals surface area contributed by atoms with E-state index in [1.807, 2.05) is 24.4 Å². The molecular formula is C9H21N3O2S. The van der Waals surface area contributed by atoms with Gasteiger partial charge in [0, 0.05) is 18.3 Å². The van der Waals surface area contributed by atoms with E-state index in [-0.39, 0.29) is 5.97 Å². The minimum Gasteiger partial charge on any atom is -0.356 e. The van der Waals surface area contributed by atoms with Crippen LogP contribution in [-0.2, 0) is 9.63 Å². The van der Waals surface area contributed by atoms with Crippen molar-refractivity contribution in [3.63, 3.8) is 0 Å². The van der Waals surface area contributed by atoms with Gasteiger partial charge in [-0.05, 0) is 19.7 Å².